The van der Waals surface area contributed by atoms with Crippen molar-refractivity contribution >= 4 is 34.2 Å². The van der Waals surface area contributed by atoms with Gasteiger partial charge >= 0.3 is 0 Å². The van der Waals surface area contributed by atoms with Gasteiger partial charge in [-0.1, -0.05) is 17.8 Å². The lowest BCUT2D eigenvalue weighted by molar-refractivity contribution is -0.139. The van der Waals surface area contributed by atoms with Crippen LogP contribution in [0.3, 0.4) is 0 Å². The predicted molar refractivity (Wildman–Crippen MR) is 129 cm³/mol. The summed E-state index contributed by atoms with van der Waals surface area (Å²) in [6.45, 7) is 6.05. The molecule has 0 aromatic carbocycles. The van der Waals surface area contributed by atoms with Gasteiger partial charge in [0.25, 0.3) is 0 Å². The summed E-state index contributed by atoms with van der Waals surface area (Å²) in [6.07, 6.45) is 4.95. The molecule has 0 aliphatic carbocycles. The van der Waals surface area contributed by atoms with Gasteiger partial charge in [0, 0.05) is 41.1 Å². The zero-order valence-electron chi connectivity index (χ0n) is 18.8. The van der Waals surface area contributed by atoms with Gasteiger partial charge in [-0.3, -0.25) is 4.98 Å². The molecule has 4 aromatic heterocycles. The minimum Gasteiger partial charge on any atom is -0.452 e. The second kappa shape index (κ2) is 9.63. The fourth-order valence-electron chi connectivity index (χ4n) is 3.21. The molecule has 0 radical (unpaired) electrons. The number of pyridine rings is 3. The molecule has 1 aliphatic rings. The molecule has 4 aromatic rings. The fourth-order valence-corrected chi connectivity index (χ4v) is 4.60. The van der Waals surface area contributed by atoms with Crippen LogP contribution in [0.15, 0.2) is 64.9 Å². The Bertz CT molecular complexity index is 1280. The molecule has 1 N–H and O–H groups in total. The van der Waals surface area contributed by atoms with Crippen LogP contribution < -0.4 is 10.1 Å². The maximum atomic E-state index is 6.22. The summed E-state index contributed by atoms with van der Waals surface area (Å²) in [5.41, 5.74) is 0.774. The molecule has 5 rings (SSSR count). The SMILES string of the molecule is Cc1ncccc1Oc1cc(Sc2ccccn2)cnc1Nc1nc(C2COC(C)(C)O2)ns1. The summed E-state index contributed by atoms with van der Waals surface area (Å²) in [6, 6.07) is 11.4. The van der Waals surface area contributed by atoms with Crippen LogP contribution in [0.5, 0.6) is 11.5 Å². The van der Waals surface area contributed by atoms with Crippen LogP contribution in [0, 0.1) is 6.92 Å². The first-order valence-electron chi connectivity index (χ1n) is 10.6. The van der Waals surface area contributed by atoms with Crippen LogP contribution in [0.2, 0.25) is 0 Å². The van der Waals surface area contributed by atoms with Gasteiger partial charge in [0.2, 0.25) is 5.13 Å². The summed E-state index contributed by atoms with van der Waals surface area (Å²) in [5, 5.41) is 4.68. The first kappa shape index (κ1) is 22.7. The summed E-state index contributed by atoms with van der Waals surface area (Å²) in [7, 11) is 0. The van der Waals surface area contributed by atoms with Crippen molar-refractivity contribution in [2.45, 2.75) is 42.6 Å². The molecule has 34 heavy (non-hydrogen) atoms. The second-order valence-electron chi connectivity index (χ2n) is 7.88. The molecule has 1 atom stereocenters. The van der Waals surface area contributed by atoms with Gasteiger partial charge < -0.3 is 19.5 Å². The van der Waals surface area contributed by atoms with Gasteiger partial charge in [-0.05, 0) is 45.0 Å². The zero-order chi connectivity index (χ0) is 23.5. The summed E-state index contributed by atoms with van der Waals surface area (Å²) < 4.78 is 22.1. The minimum atomic E-state index is -0.644. The minimum absolute atomic E-state index is 0.305. The van der Waals surface area contributed by atoms with E-state index in [0.29, 0.717) is 34.9 Å². The van der Waals surface area contributed by atoms with Crippen molar-refractivity contribution in [3.63, 3.8) is 0 Å². The van der Waals surface area contributed by atoms with Gasteiger partial charge in [-0.15, -0.1) is 0 Å². The average Bonchev–Trinajstić information content (AvgIpc) is 3.43. The van der Waals surface area contributed by atoms with E-state index in [1.54, 1.807) is 18.6 Å². The van der Waals surface area contributed by atoms with Crippen LogP contribution in [-0.2, 0) is 9.47 Å². The highest BCUT2D eigenvalue weighted by Gasteiger charge is 2.35. The number of aromatic nitrogens is 5. The summed E-state index contributed by atoms with van der Waals surface area (Å²) in [5.74, 6) is 1.63. The molecule has 0 amide bonds. The molecule has 174 valence electrons. The molecule has 0 bridgehead atoms. The Hall–Kier alpha value is -3.12. The lowest BCUT2D eigenvalue weighted by Crippen LogP contribution is -2.19. The number of rotatable bonds is 7. The number of ether oxygens (including phenoxy) is 3. The van der Waals surface area contributed by atoms with Crippen molar-refractivity contribution in [2.75, 3.05) is 11.9 Å². The van der Waals surface area contributed by atoms with Crippen molar-refractivity contribution < 1.29 is 14.2 Å². The smallest absolute Gasteiger partial charge is 0.208 e. The van der Waals surface area contributed by atoms with Gasteiger partial charge in [0.1, 0.15) is 16.9 Å². The first-order chi connectivity index (χ1) is 16.4. The molecule has 1 saturated heterocycles. The molecule has 5 heterocycles. The maximum Gasteiger partial charge on any atom is 0.208 e. The topological polar surface area (TPSA) is 104 Å². The number of anilines is 2. The van der Waals surface area contributed by atoms with E-state index in [1.807, 2.05) is 57.2 Å². The van der Waals surface area contributed by atoms with Gasteiger partial charge in [-0.2, -0.15) is 4.37 Å². The largest absolute Gasteiger partial charge is 0.452 e. The molecule has 9 nitrogen and oxygen atoms in total. The van der Waals surface area contributed by atoms with Crippen molar-refractivity contribution in [3.05, 3.63) is 66.5 Å². The highest BCUT2D eigenvalue weighted by atomic mass is 32.2. The number of aryl methyl sites for hydroxylation is 1. The van der Waals surface area contributed by atoms with Crippen molar-refractivity contribution in [2.24, 2.45) is 0 Å². The lowest BCUT2D eigenvalue weighted by atomic mass is 10.3. The van der Waals surface area contributed by atoms with Crippen molar-refractivity contribution in [1.29, 1.82) is 0 Å². The molecule has 1 fully saturated rings. The third-order valence-electron chi connectivity index (χ3n) is 4.83. The monoisotopic (exact) mass is 494 g/mol. The Labute approximate surface area is 205 Å². The molecule has 0 spiro atoms. The lowest BCUT2D eigenvalue weighted by Gasteiger charge is -2.15. The standard InChI is InChI=1S/C23H22N6O3S2/c1-14-16(7-6-10-24-14)31-17-11-15(33-19-8-4-5-9-25-19)12-26-20(17)27-22-28-21(29-34-22)18-13-30-23(2,3)32-18/h4-12,18H,13H2,1-3H3,(H,26,27,28,29). The summed E-state index contributed by atoms with van der Waals surface area (Å²) >= 11 is 2.72. The van der Waals surface area contributed by atoms with Gasteiger partial charge in [0.05, 0.1) is 12.3 Å². The zero-order valence-corrected chi connectivity index (χ0v) is 20.4. The third-order valence-corrected chi connectivity index (χ3v) is 6.38. The Morgan fingerprint density at radius 1 is 1.12 bits per heavy atom. The van der Waals surface area contributed by atoms with E-state index in [-0.39, 0.29) is 6.10 Å². The number of nitrogens with one attached hydrogen (secondary N) is 1. The third kappa shape index (κ3) is 5.33. The van der Waals surface area contributed by atoms with E-state index in [2.05, 4.69) is 29.6 Å². The highest BCUT2D eigenvalue weighted by Crippen LogP contribution is 2.37. The van der Waals surface area contributed by atoms with Crippen LogP contribution in [0.1, 0.15) is 31.5 Å². The predicted octanol–water partition coefficient (Wildman–Crippen LogP) is 5.54. The molecular formula is C23H22N6O3S2. The van der Waals surface area contributed by atoms with Crippen LogP contribution in [0.4, 0.5) is 10.9 Å². The van der Waals surface area contributed by atoms with Crippen molar-refractivity contribution in [3.8, 4) is 11.5 Å². The van der Waals surface area contributed by atoms with E-state index in [1.165, 1.54) is 23.3 Å². The highest BCUT2D eigenvalue weighted by molar-refractivity contribution is 7.99. The fraction of sp³-hybridized carbons (Fsp3) is 0.261. The van der Waals surface area contributed by atoms with Gasteiger partial charge in [0.15, 0.2) is 23.2 Å². The Balaban J connectivity index is 1.41. The average molecular weight is 495 g/mol. The van der Waals surface area contributed by atoms with Crippen molar-refractivity contribution in [1.82, 2.24) is 24.3 Å². The molecular weight excluding hydrogens is 472 g/mol. The Morgan fingerprint density at radius 2 is 2.00 bits per heavy atom. The Kier molecular flexibility index (Phi) is 6.42. The summed E-state index contributed by atoms with van der Waals surface area (Å²) in [4.78, 5) is 18.8. The normalized spacial score (nSPS) is 17.0. The number of hydrogen-bond donors (Lipinski definition) is 1. The van der Waals surface area contributed by atoms with E-state index in [4.69, 9.17) is 14.2 Å². The van der Waals surface area contributed by atoms with E-state index >= 15 is 0 Å². The number of hydrogen-bond acceptors (Lipinski definition) is 11. The van der Waals surface area contributed by atoms with Crippen LogP contribution in [-0.4, -0.2) is 36.7 Å². The molecule has 1 aliphatic heterocycles. The number of nitrogens with zero attached hydrogens (tertiary/aromatic N) is 5. The molecule has 1 unspecified atom stereocenters. The van der Waals surface area contributed by atoms with E-state index < -0.39 is 5.79 Å². The van der Waals surface area contributed by atoms with Crippen LogP contribution in [0.25, 0.3) is 0 Å². The van der Waals surface area contributed by atoms with E-state index in [0.717, 1.165) is 15.6 Å². The van der Waals surface area contributed by atoms with Crippen LogP contribution >= 0.6 is 23.3 Å². The second-order valence-corrected chi connectivity index (χ2v) is 9.72. The van der Waals surface area contributed by atoms with E-state index in [9.17, 15) is 0 Å². The Morgan fingerprint density at radius 3 is 2.76 bits per heavy atom. The molecule has 11 heteroatoms. The maximum absolute atomic E-state index is 6.22. The first-order valence-corrected chi connectivity index (χ1v) is 12.1. The van der Waals surface area contributed by atoms with Gasteiger partial charge in [-0.25, -0.2) is 15.0 Å². The quantitative estimate of drug-likeness (QED) is 0.352. The molecule has 0 saturated carbocycles.